The van der Waals surface area contributed by atoms with Crippen LogP contribution in [0.25, 0.3) is 0 Å². The maximum atomic E-state index is 14.1. The summed E-state index contributed by atoms with van der Waals surface area (Å²) in [4.78, 5) is 126. The number of hydrogen-bond acceptors (Lipinski definition) is 23. The molecule has 0 bridgehead atoms. The van der Waals surface area contributed by atoms with E-state index in [-0.39, 0.29) is 4.90 Å². The molecular weight excluding hydrogens is 986 g/mol. The lowest BCUT2D eigenvalue weighted by Gasteiger charge is -2.49. The highest BCUT2D eigenvalue weighted by atomic mass is 32.2. The Morgan fingerprint density at radius 2 is 1.20 bits per heavy atom. The van der Waals surface area contributed by atoms with Crippen molar-refractivity contribution in [2.75, 3.05) is 27.4 Å². The maximum absolute atomic E-state index is 14.1. The number of nitrogens with one attached hydrogen (secondary N) is 2. The van der Waals surface area contributed by atoms with Crippen LogP contribution in [0.4, 0.5) is 13.2 Å². The van der Waals surface area contributed by atoms with Crippen LogP contribution in [0.2, 0.25) is 0 Å². The third-order valence-electron chi connectivity index (χ3n) is 10.2. The van der Waals surface area contributed by atoms with E-state index in [0.717, 1.165) is 68.2 Å². The first kappa shape index (κ1) is 59.2. The fourth-order valence-corrected chi connectivity index (χ4v) is 8.79. The van der Waals surface area contributed by atoms with Gasteiger partial charge in [-0.3, -0.25) is 38.4 Å². The standard InChI is InChI=1S/C43H55F3N2O22S/c1-19-11-13-27(14-12-19)71-42(40(59)61-10)16-30(65-23(5)52)33(48-38(57)43(44,45)46)36(70-42)34(67-25(7)54)28(56)17-63-41(39(58)60-9)15-29(64-22(4)51)32(47-20(2)49)37(69-41)35(68-26(8)55)31(66-24(6)53)18-62-21(3)50/h11-14,28-37,56H,15-18H2,1-10H3,(H,47,49)(H,48,57)/t28-,29+,30+,31-,32-,33-,34-,35-,36-,37-,41-,42+/m1/s1. The molecule has 28 heteroatoms. The number of benzene rings is 1. The molecule has 2 amide bonds. The SMILES string of the molecule is COC(=O)[C@@]1(OC[C@@H](O)[C@@H](OC(C)=O)[C@@H]2O[C@@](Sc3ccc(C)cc3)(C(=O)OC)C[C@H](OC(C)=O)[C@H]2NC(=O)C(F)(F)F)C[C@H](OC(C)=O)[C@@H](NC(C)=O)[C@H]([C@H](OC(C)=O)[C@@H](COC(C)=O)OC(C)=O)O1. The van der Waals surface area contributed by atoms with E-state index in [0.29, 0.717) is 11.8 Å². The Labute approximate surface area is 407 Å². The van der Waals surface area contributed by atoms with Crippen molar-refractivity contribution in [1.29, 1.82) is 0 Å². The average Bonchev–Trinajstić information content (AvgIpc) is 3.25. The van der Waals surface area contributed by atoms with Gasteiger partial charge in [-0.05, 0) is 19.1 Å². The average molecular weight is 1040 g/mol. The largest absolute Gasteiger partial charge is 0.471 e. The fourth-order valence-electron chi connectivity index (χ4n) is 7.56. The highest BCUT2D eigenvalue weighted by molar-refractivity contribution is 8.01. The van der Waals surface area contributed by atoms with Crippen LogP contribution in [0, 0.1) is 6.92 Å². The number of thioether (sulfide) groups is 1. The van der Waals surface area contributed by atoms with Crippen molar-refractivity contribution in [2.24, 2.45) is 0 Å². The lowest BCUT2D eigenvalue weighted by molar-refractivity contribution is -0.320. The predicted octanol–water partition coefficient (Wildman–Crippen LogP) is 0.554. The first-order valence-corrected chi connectivity index (χ1v) is 22.0. The fraction of sp³-hybridized carbons (Fsp3) is 0.628. The molecule has 2 fully saturated rings. The summed E-state index contributed by atoms with van der Waals surface area (Å²) in [6.07, 6.45) is -24.2. The van der Waals surface area contributed by atoms with Gasteiger partial charge in [-0.1, -0.05) is 29.5 Å². The summed E-state index contributed by atoms with van der Waals surface area (Å²) in [6.45, 7) is 5.87. The minimum Gasteiger partial charge on any atom is -0.466 e. The lowest BCUT2D eigenvalue weighted by Crippen LogP contribution is -2.70. The molecule has 0 radical (unpaired) electrons. The molecule has 24 nitrogen and oxygen atoms in total. The van der Waals surface area contributed by atoms with Gasteiger partial charge in [0, 0.05) is 59.8 Å². The number of rotatable bonds is 20. The highest BCUT2D eigenvalue weighted by Crippen LogP contribution is 2.46. The van der Waals surface area contributed by atoms with Crippen LogP contribution in [-0.2, 0) is 100 Å². The number of methoxy groups -OCH3 is 2. The highest BCUT2D eigenvalue weighted by Gasteiger charge is 2.62. The molecule has 2 aliphatic heterocycles. The van der Waals surface area contributed by atoms with Crippen LogP contribution in [0.5, 0.6) is 0 Å². The summed E-state index contributed by atoms with van der Waals surface area (Å²) in [6, 6.07) is 2.38. The molecular formula is C43H55F3N2O22S. The Kier molecular flexibility index (Phi) is 21.1. The first-order chi connectivity index (χ1) is 33.0. The van der Waals surface area contributed by atoms with Gasteiger partial charge in [-0.2, -0.15) is 13.2 Å². The second-order valence-corrected chi connectivity index (χ2v) is 17.3. The lowest BCUT2D eigenvalue weighted by atomic mass is 9.87. The van der Waals surface area contributed by atoms with Crippen LogP contribution in [0.3, 0.4) is 0 Å². The molecule has 0 saturated carbocycles. The van der Waals surface area contributed by atoms with Crippen molar-refractivity contribution in [3.05, 3.63) is 29.8 Å². The molecule has 3 N–H and O–H groups in total. The molecule has 2 saturated heterocycles. The van der Waals surface area contributed by atoms with Crippen LogP contribution in [-0.4, -0.2) is 170 Å². The molecule has 0 unspecified atom stereocenters. The van der Waals surface area contributed by atoms with Gasteiger partial charge in [0.05, 0.1) is 39.3 Å². The predicted molar refractivity (Wildman–Crippen MR) is 227 cm³/mol. The van der Waals surface area contributed by atoms with Gasteiger partial charge in [-0.15, -0.1) is 0 Å². The van der Waals surface area contributed by atoms with E-state index in [1.807, 2.05) is 0 Å². The van der Waals surface area contributed by atoms with Crippen molar-refractivity contribution in [1.82, 2.24) is 10.6 Å². The first-order valence-electron chi connectivity index (χ1n) is 21.2. The van der Waals surface area contributed by atoms with Crippen molar-refractivity contribution in [3.8, 4) is 0 Å². The van der Waals surface area contributed by atoms with Crippen molar-refractivity contribution >= 4 is 71.3 Å². The van der Waals surface area contributed by atoms with Gasteiger partial charge < -0.3 is 67.8 Å². The molecule has 1 aromatic carbocycles. The number of carbonyl (C=O) groups is 10. The molecule has 0 aromatic heterocycles. The minimum atomic E-state index is -5.62. The Hall–Kier alpha value is -6.10. The van der Waals surface area contributed by atoms with Gasteiger partial charge in [0.15, 0.2) is 18.3 Å². The van der Waals surface area contributed by atoms with E-state index in [2.05, 4.69) is 5.32 Å². The molecule has 2 aliphatic rings. The second-order valence-electron chi connectivity index (χ2n) is 16.0. The summed E-state index contributed by atoms with van der Waals surface area (Å²) < 4.78 is 103. The van der Waals surface area contributed by atoms with E-state index in [9.17, 15) is 66.2 Å². The van der Waals surface area contributed by atoms with Crippen molar-refractivity contribution in [2.45, 2.75) is 151 Å². The Morgan fingerprint density at radius 3 is 1.68 bits per heavy atom. The van der Waals surface area contributed by atoms with Gasteiger partial charge in [0.1, 0.15) is 37.1 Å². The van der Waals surface area contributed by atoms with Crippen molar-refractivity contribution in [3.63, 3.8) is 0 Å². The van der Waals surface area contributed by atoms with Crippen LogP contribution < -0.4 is 10.6 Å². The molecule has 71 heavy (non-hydrogen) atoms. The number of halogens is 3. The number of ether oxygens (including phenoxy) is 11. The third kappa shape index (κ3) is 16.5. The quantitative estimate of drug-likeness (QED) is 0.119. The summed E-state index contributed by atoms with van der Waals surface area (Å²) in [5, 5.41) is 16.2. The number of hydrogen-bond donors (Lipinski definition) is 3. The zero-order chi connectivity index (χ0) is 53.8. The Bertz CT molecular complexity index is 2150. The molecule has 2 heterocycles. The molecule has 0 spiro atoms. The molecule has 3 rings (SSSR count). The van der Waals surface area contributed by atoms with E-state index in [4.69, 9.17) is 52.1 Å². The number of aliphatic hydroxyl groups excluding tert-OH is 1. The smallest absolute Gasteiger partial charge is 0.466 e. The maximum Gasteiger partial charge on any atom is 0.471 e. The monoisotopic (exact) mass is 1040 g/mol. The van der Waals surface area contributed by atoms with E-state index in [1.54, 1.807) is 24.4 Å². The number of alkyl halides is 3. The number of carbonyl (C=O) groups excluding carboxylic acids is 10. The topological polar surface area (TPSA) is 317 Å². The summed E-state index contributed by atoms with van der Waals surface area (Å²) >= 11 is 0.608. The Balaban J connectivity index is 2.34. The van der Waals surface area contributed by atoms with Gasteiger partial charge in [0.25, 0.3) is 5.79 Å². The van der Waals surface area contributed by atoms with Crippen LogP contribution >= 0.6 is 11.8 Å². The number of esters is 8. The van der Waals surface area contributed by atoms with E-state index >= 15 is 0 Å². The van der Waals surface area contributed by atoms with Gasteiger partial charge >= 0.3 is 59.8 Å². The van der Waals surface area contributed by atoms with E-state index in [1.165, 1.54) is 12.1 Å². The van der Waals surface area contributed by atoms with Gasteiger partial charge in [-0.25, -0.2) is 9.59 Å². The van der Waals surface area contributed by atoms with E-state index < -0.39 is 163 Å². The minimum absolute atomic E-state index is 0.270. The zero-order valence-electron chi connectivity index (χ0n) is 40.0. The molecule has 396 valence electrons. The molecule has 1 aromatic rings. The summed E-state index contributed by atoms with van der Waals surface area (Å²) in [7, 11) is 1.73. The van der Waals surface area contributed by atoms with Crippen LogP contribution in [0.1, 0.15) is 66.9 Å². The van der Waals surface area contributed by atoms with Gasteiger partial charge in [0.2, 0.25) is 10.8 Å². The molecule has 0 aliphatic carbocycles. The third-order valence-corrected chi connectivity index (χ3v) is 11.5. The summed E-state index contributed by atoms with van der Waals surface area (Å²) in [5.41, 5.74) is 0.755. The summed E-state index contributed by atoms with van der Waals surface area (Å²) in [5.74, 6) is -15.8. The number of aryl methyl sites for hydroxylation is 1. The zero-order valence-corrected chi connectivity index (χ0v) is 40.8. The second kappa shape index (κ2) is 25.3. The number of aliphatic hydroxyl groups is 1. The normalized spacial score (nSPS) is 25.8. The molecule has 12 atom stereocenters. The Morgan fingerprint density at radius 1 is 0.690 bits per heavy atom. The van der Waals surface area contributed by atoms with Crippen molar-refractivity contribution < 1.29 is 118 Å². The van der Waals surface area contributed by atoms with Crippen LogP contribution in [0.15, 0.2) is 29.2 Å². The number of amides is 2.